The van der Waals surface area contributed by atoms with Crippen LogP contribution in [-0.4, -0.2) is 25.8 Å². The number of anilines is 1. The van der Waals surface area contributed by atoms with E-state index in [9.17, 15) is 4.79 Å². The summed E-state index contributed by atoms with van der Waals surface area (Å²) in [4.78, 5) is 11.6. The van der Waals surface area contributed by atoms with Crippen LogP contribution in [0.2, 0.25) is 0 Å². The van der Waals surface area contributed by atoms with Crippen LogP contribution in [0.25, 0.3) is 0 Å². The second-order valence-corrected chi connectivity index (χ2v) is 4.25. The highest BCUT2D eigenvalue weighted by Crippen LogP contribution is 2.09. The number of benzene rings is 1. The lowest BCUT2D eigenvalue weighted by Crippen LogP contribution is -2.30. The molecular formula is C14H23N3O2. The van der Waals surface area contributed by atoms with Crippen LogP contribution in [0.15, 0.2) is 24.3 Å². The third kappa shape index (κ3) is 6.79. The minimum Gasteiger partial charge on any atom is -0.381 e. The van der Waals surface area contributed by atoms with E-state index in [1.807, 2.05) is 24.3 Å². The van der Waals surface area contributed by atoms with Crippen molar-refractivity contribution in [1.29, 1.82) is 0 Å². The largest absolute Gasteiger partial charge is 0.381 e. The summed E-state index contributed by atoms with van der Waals surface area (Å²) < 4.78 is 5.33. The number of rotatable bonds is 8. The van der Waals surface area contributed by atoms with Gasteiger partial charge in [-0.3, -0.25) is 0 Å². The van der Waals surface area contributed by atoms with Crippen molar-refractivity contribution in [1.82, 2.24) is 5.32 Å². The molecule has 1 rings (SSSR count). The van der Waals surface area contributed by atoms with Crippen LogP contribution < -0.4 is 16.4 Å². The molecule has 0 aliphatic carbocycles. The smallest absolute Gasteiger partial charge is 0.319 e. The summed E-state index contributed by atoms with van der Waals surface area (Å²) in [5.74, 6) is 0. The SMILES string of the molecule is CCCOCCCNC(=O)Nc1cccc(CN)c1. The van der Waals surface area contributed by atoms with Crippen molar-refractivity contribution < 1.29 is 9.53 Å². The van der Waals surface area contributed by atoms with Crippen molar-refractivity contribution in [3.8, 4) is 0 Å². The van der Waals surface area contributed by atoms with E-state index < -0.39 is 0 Å². The van der Waals surface area contributed by atoms with E-state index in [4.69, 9.17) is 10.5 Å². The summed E-state index contributed by atoms with van der Waals surface area (Å²) in [5.41, 5.74) is 7.29. The molecular weight excluding hydrogens is 242 g/mol. The Morgan fingerprint density at radius 1 is 1.37 bits per heavy atom. The third-order valence-corrected chi connectivity index (χ3v) is 2.52. The summed E-state index contributed by atoms with van der Waals surface area (Å²) in [6, 6.07) is 7.29. The number of nitrogens with one attached hydrogen (secondary N) is 2. The van der Waals surface area contributed by atoms with Crippen LogP contribution in [-0.2, 0) is 11.3 Å². The molecule has 0 saturated heterocycles. The van der Waals surface area contributed by atoms with E-state index in [1.54, 1.807) is 0 Å². The molecule has 0 bridgehead atoms. The maximum absolute atomic E-state index is 11.6. The van der Waals surface area contributed by atoms with Gasteiger partial charge in [0.05, 0.1) is 0 Å². The second-order valence-electron chi connectivity index (χ2n) is 4.25. The van der Waals surface area contributed by atoms with Gasteiger partial charge in [-0.2, -0.15) is 0 Å². The Labute approximate surface area is 114 Å². The van der Waals surface area contributed by atoms with Crippen molar-refractivity contribution >= 4 is 11.7 Å². The van der Waals surface area contributed by atoms with Gasteiger partial charge in [-0.05, 0) is 30.5 Å². The molecule has 2 amide bonds. The first-order chi connectivity index (χ1) is 9.26. The van der Waals surface area contributed by atoms with Gasteiger partial charge in [-0.15, -0.1) is 0 Å². The Balaban J connectivity index is 2.19. The first-order valence-electron chi connectivity index (χ1n) is 6.68. The van der Waals surface area contributed by atoms with E-state index in [0.29, 0.717) is 19.7 Å². The molecule has 0 radical (unpaired) electrons. The van der Waals surface area contributed by atoms with E-state index in [1.165, 1.54) is 0 Å². The second kappa shape index (κ2) is 9.35. The Bertz CT molecular complexity index is 383. The number of hydrogen-bond donors (Lipinski definition) is 3. The normalized spacial score (nSPS) is 10.2. The molecule has 5 heteroatoms. The van der Waals surface area contributed by atoms with Gasteiger partial charge in [0, 0.05) is 32.0 Å². The van der Waals surface area contributed by atoms with Gasteiger partial charge in [0.1, 0.15) is 0 Å². The highest BCUT2D eigenvalue weighted by Gasteiger charge is 2.01. The van der Waals surface area contributed by atoms with Gasteiger partial charge in [-0.25, -0.2) is 4.79 Å². The molecule has 0 spiro atoms. The zero-order valence-electron chi connectivity index (χ0n) is 11.4. The van der Waals surface area contributed by atoms with E-state index >= 15 is 0 Å². The number of amides is 2. The van der Waals surface area contributed by atoms with Crippen LogP contribution in [0.5, 0.6) is 0 Å². The number of nitrogens with two attached hydrogens (primary N) is 1. The number of carbonyl (C=O) groups excluding carboxylic acids is 1. The number of hydrogen-bond acceptors (Lipinski definition) is 3. The molecule has 0 unspecified atom stereocenters. The summed E-state index contributed by atoms with van der Waals surface area (Å²) in [7, 11) is 0. The predicted octanol–water partition coefficient (Wildman–Crippen LogP) is 2.08. The zero-order chi connectivity index (χ0) is 13.9. The van der Waals surface area contributed by atoms with Crippen LogP contribution in [0.4, 0.5) is 10.5 Å². The fourth-order valence-corrected chi connectivity index (χ4v) is 1.57. The van der Waals surface area contributed by atoms with Gasteiger partial charge >= 0.3 is 6.03 Å². The Morgan fingerprint density at radius 3 is 2.95 bits per heavy atom. The number of ether oxygens (including phenoxy) is 1. The third-order valence-electron chi connectivity index (χ3n) is 2.52. The van der Waals surface area contributed by atoms with E-state index in [-0.39, 0.29) is 6.03 Å². The van der Waals surface area contributed by atoms with Crippen LogP contribution >= 0.6 is 0 Å². The van der Waals surface area contributed by atoms with Crippen LogP contribution in [0, 0.1) is 0 Å². The highest BCUT2D eigenvalue weighted by atomic mass is 16.5. The molecule has 5 nitrogen and oxygen atoms in total. The zero-order valence-corrected chi connectivity index (χ0v) is 11.4. The lowest BCUT2D eigenvalue weighted by atomic mass is 10.2. The number of urea groups is 1. The predicted molar refractivity (Wildman–Crippen MR) is 77.1 cm³/mol. The maximum Gasteiger partial charge on any atom is 0.319 e. The molecule has 0 aliphatic rings. The molecule has 0 atom stereocenters. The minimum atomic E-state index is -0.204. The Kier molecular flexibility index (Phi) is 7.62. The average molecular weight is 265 g/mol. The van der Waals surface area contributed by atoms with Crippen molar-refractivity contribution in [2.24, 2.45) is 5.73 Å². The fraction of sp³-hybridized carbons (Fsp3) is 0.500. The molecule has 0 saturated carbocycles. The van der Waals surface area contributed by atoms with Crippen LogP contribution in [0.3, 0.4) is 0 Å². The summed E-state index contributed by atoms with van der Waals surface area (Å²) >= 11 is 0. The summed E-state index contributed by atoms with van der Waals surface area (Å²) in [6.45, 7) is 4.59. The van der Waals surface area contributed by atoms with Crippen molar-refractivity contribution in [2.45, 2.75) is 26.3 Å². The quantitative estimate of drug-likeness (QED) is 0.630. The van der Waals surface area contributed by atoms with E-state index in [0.717, 1.165) is 30.7 Å². The van der Waals surface area contributed by atoms with Gasteiger partial charge in [0.15, 0.2) is 0 Å². The highest BCUT2D eigenvalue weighted by molar-refractivity contribution is 5.89. The molecule has 4 N–H and O–H groups in total. The lowest BCUT2D eigenvalue weighted by Gasteiger charge is -2.08. The first-order valence-corrected chi connectivity index (χ1v) is 6.68. The Hall–Kier alpha value is -1.59. The van der Waals surface area contributed by atoms with Crippen molar-refractivity contribution in [3.05, 3.63) is 29.8 Å². The topological polar surface area (TPSA) is 76.4 Å². The van der Waals surface area contributed by atoms with Crippen molar-refractivity contribution in [2.75, 3.05) is 25.1 Å². The molecule has 0 fully saturated rings. The van der Waals surface area contributed by atoms with Gasteiger partial charge in [0.25, 0.3) is 0 Å². The maximum atomic E-state index is 11.6. The molecule has 19 heavy (non-hydrogen) atoms. The van der Waals surface area contributed by atoms with Crippen molar-refractivity contribution in [3.63, 3.8) is 0 Å². The molecule has 0 heterocycles. The lowest BCUT2D eigenvalue weighted by molar-refractivity contribution is 0.132. The standard InChI is InChI=1S/C14H23N3O2/c1-2-8-19-9-4-7-16-14(18)17-13-6-3-5-12(10-13)11-15/h3,5-6,10H,2,4,7-9,11,15H2,1H3,(H2,16,17,18). The summed E-state index contributed by atoms with van der Waals surface area (Å²) in [6.07, 6.45) is 1.83. The molecule has 1 aromatic rings. The van der Waals surface area contributed by atoms with Crippen LogP contribution in [0.1, 0.15) is 25.3 Å². The first kappa shape index (κ1) is 15.5. The van der Waals surface area contributed by atoms with Gasteiger partial charge in [-0.1, -0.05) is 19.1 Å². The molecule has 1 aromatic carbocycles. The van der Waals surface area contributed by atoms with Gasteiger partial charge < -0.3 is 21.1 Å². The number of carbonyl (C=O) groups is 1. The monoisotopic (exact) mass is 265 g/mol. The molecule has 0 aromatic heterocycles. The fourth-order valence-electron chi connectivity index (χ4n) is 1.57. The van der Waals surface area contributed by atoms with Gasteiger partial charge in [0.2, 0.25) is 0 Å². The molecule has 0 aliphatic heterocycles. The Morgan fingerprint density at radius 2 is 2.21 bits per heavy atom. The average Bonchev–Trinajstić information content (AvgIpc) is 2.43. The minimum absolute atomic E-state index is 0.204. The summed E-state index contributed by atoms with van der Waals surface area (Å²) in [5, 5.41) is 5.56. The van der Waals surface area contributed by atoms with E-state index in [2.05, 4.69) is 17.6 Å². The molecule has 106 valence electrons.